The number of para-hydroxylation sites is 2. The van der Waals surface area contributed by atoms with Gasteiger partial charge in [-0.05, 0) is 37.2 Å². The van der Waals surface area contributed by atoms with E-state index in [0.717, 1.165) is 35.6 Å². The normalized spacial score (nSPS) is 12.2. The molecule has 0 aliphatic heterocycles. The minimum Gasteiger partial charge on any atom is -0.309 e. The quantitative estimate of drug-likeness (QED) is 0.218. The van der Waals surface area contributed by atoms with E-state index in [-0.39, 0.29) is 0 Å². The van der Waals surface area contributed by atoms with Crippen LogP contribution in [0, 0.1) is 0 Å². The average Bonchev–Trinajstić information content (AvgIpc) is 3.01. The fraction of sp³-hybridized carbons (Fsp3) is 0.350. The Morgan fingerprint density at radius 1 is 0.926 bits per heavy atom. The van der Waals surface area contributed by atoms with E-state index in [9.17, 15) is 0 Å². The molecule has 0 radical (unpaired) electrons. The first-order chi connectivity index (χ1) is 13.2. The van der Waals surface area contributed by atoms with Crippen molar-refractivity contribution in [2.75, 3.05) is 0 Å². The second-order valence-electron chi connectivity index (χ2n) is 6.12. The number of hydrogen-bond acceptors (Lipinski definition) is 3. The van der Waals surface area contributed by atoms with Gasteiger partial charge < -0.3 is 9.13 Å². The Balaban J connectivity index is 2.06. The maximum absolute atomic E-state index is 4.54. The van der Waals surface area contributed by atoms with Crippen LogP contribution in [-0.2, 0) is 20.1 Å². The smallest absolute Gasteiger partial charge is 0.309 e. The van der Waals surface area contributed by atoms with E-state index in [1.807, 2.05) is 55.1 Å². The van der Waals surface area contributed by atoms with Crippen molar-refractivity contribution in [3.63, 3.8) is 0 Å². The summed E-state index contributed by atoms with van der Waals surface area (Å²) in [5.74, 6) is 1.36. The van der Waals surface area contributed by atoms with Gasteiger partial charge in [0.15, 0.2) is 5.84 Å². The van der Waals surface area contributed by atoms with Gasteiger partial charge in [0.2, 0.25) is 5.62 Å². The maximum atomic E-state index is 4.54. The van der Waals surface area contributed by atoms with Crippen LogP contribution in [0.2, 0.25) is 0 Å². The Hall–Kier alpha value is -3.09. The predicted octanol–water partition coefficient (Wildman–Crippen LogP) is 3.72. The first kappa shape index (κ1) is 18.7. The molecular weight excluding hydrogens is 338 g/mol. The first-order valence-electron chi connectivity index (χ1n) is 9.34. The van der Waals surface area contributed by atoms with Crippen molar-refractivity contribution >= 4 is 22.7 Å². The standard InChI is InChI=1S/C20H26N7/c1-5-18(21-23-19-14-10-11-15-25(19)4)22-24-20-26(6-2)16-12-8-9-13-17(16)27(20)7-3/h8-15H,5-7H2,1-4H3/q+1. The Bertz CT molecular complexity index is 1010. The molecule has 2 heterocycles. The molecule has 0 aliphatic carbocycles. The number of azo groups is 1. The summed E-state index contributed by atoms with van der Waals surface area (Å²) in [6.07, 6.45) is 2.59. The second kappa shape index (κ2) is 8.53. The predicted molar refractivity (Wildman–Crippen MR) is 107 cm³/mol. The van der Waals surface area contributed by atoms with Gasteiger partial charge in [0.05, 0.1) is 29.4 Å². The molecule has 0 aliphatic rings. The van der Waals surface area contributed by atoms with Crippen molar-refractivity contribution in [3.05, 3.63) is 54.3 Å². The number of hydrogen-bond donors (Lipinski definition) is 0. The van der Waals surface area contributed by atoms with Crippen molar-refractivity contribution in [3.8, 4) is 0 Å². The number of aromatic nitrogens is 3. The first-order valence-corrected chi connectivity index (χ1v) is 9.34. The van der Waals surface area contributed by atoms with Gasteiger partial charge >= 0.3 is 5.82 Å². The Morgan fingerprint density at radius 3 is 2.11 bits per heavy atom. The summed E-state index contributed by atoms with van der Waals surface area (Å²) in [6, 6.07) is 14.1. The summed E-state index contributed by atoms with van der Waals surface area (Å²) in [4.78, 5) is 0. The Kier molecular flexibility index (Phi) is 5.90. The fourth-order valence-electron chi connectivity index (χ4n) is 3.00. The number of rotatable bonds is 5. The molecule has 140 valence electrons. The van der Waals surface area contributed by atoms with Gasteiger partial charge in [-0.15, -0.1) is 10.2 Å². The molecule has 0 N–H and O–H groups in total. The molecule has 3 aromatic rings. The van der Waals surface area contributed by atoms with Crippen LogP contribution in [0.4, 0.5) is 5.82 Å². The van der Waals surface area contributed by atoms with Crippen molar-refractivity contribution in [2.45, 2.75) is 40.3 Å². The molecule has 1 aromatic carbocycles. The van der Waals surface area contributed by atoms with Gasteiger partial charge in [0.25, 0.3) is 0 Å². The number of imidazole rings is 1. The zero-order chi connectivity index (χ0) is 19.2. The SMILES string of the molecule is CCC(N=Nc1cccc[n+]1C)=NN=c1n(CC)c2ccccc2n1CC. The zero-order valence-corrected chi connectivity index (χ0v) is 16.4. The van der Waals surface area contributed by atoms with Gasteiger partial charge in [-0.25, -0.2) is 4.57 Å². The molecule has 2 aromatic heterocycles. The molecule has 0 spiro atoms. The molecule has 0 saturated heterocycles. The number of aryl methyl sites for hydroxylation is 3. The highest BCUT2D eigenvalue weighted by atomic mass is 15.3. The van der Waals surface area contributed by atoms with E-state index >= 15 is 0 Å². The second-order valence-corrected chi connectivity index (χ2v) is 6.12. The van der Waals surface area contributed by atoms with Crippen LogP contribution in [0.15, 0.2) is 69.1 Å². The van der Waals surface area contributed by atoms with Gasteiger partial charge in [-0.2, -0.15) is 0 Å². The van der Waals surface area contributed by atoms with E-state index in [2.05, 4.69) is 55.5 Å². The number of pyridine rings is 1. The van der Waals surface area contributed by atoms with Crippen molar-refractivity contribution < 1.29 is 4.57 Å². The molecule has 7 nitrogen and oxygen atoms in total. The molecule has 0 bridgehead atoms. The van der Waals surface area contributed by atoms with Gasteiger partial charge in [0.1, 0.15) is 0 Å². The van der Waals surface area contributed by atoms with Crippen LogP contribution in [0.1, 0.15) is 27.2 Å². The highest BCUT2D eigenvalue weighted by Gasteiger charge is 2.09. The summed E-state index contributed by atoms with van der Waals surface area (Å²) in [7, 11) is 1.94. The lowest BCUT2D eigenvalue weighted by Crippen LogP contribution is -2.26. The molecular formula is C20H26N7+. The minimum atomic E-state index is 0.592. The van der Waals surface area contributed by atoms with Crippen LogP contribution in [-0.4, -0.2) is 15.0 Å². The fourth-order valence-corrected chi connectivity index (χ4v) is 3.00. The van der Waals surface area contributed by atoms with Gasteiger partial charge in [-0.3, -0.25) is 0 Å². The minimum absolute atomic E-state index is 0.592. The van der Waals surface area contributed by atoms with Crippen LogP contribution in [0.25, 0.3) is 11.0 Å². The van der Waals surface area contributed by atoms with Crippen LogP contribution < -0.4 is 10.2 Å². The molecule has 0 saturated carbocycles. The third-order valence-electron chi connectivity index (χ3n) is 4.45. The molecule has 0 unspecified atom stereocenters. The van der Waals surface area contributed by atoms with E-state index in [1.165, 1.54) is 0 Å². The van der Waals surface area contributed by atoms with Crippen LogP contribution >= 0.6 is 0 Å². The van der Waals surface area contributed by atoms with E-state index < -0.39 is 0 Å². The molecule has 0 amide bonds. The lowest BCUT2D eigenvalue weighted by Gasteiger charge is -1.99. The number of fused-ring (bicyclic) bond motifs is 1. The van der Waals surface area contributed by atoms with Crippen LogP contribution in [0.5, 0.6) is 0 Å². The molecule has 27 heavy (non-hydrogen) atoms. The van der Waals surface area contributed by atoms with E-state index in [1.54, 1.807) is 0 Å². The summed E-state index contributed by atoms with van der Waals surface area (Å²) >= 11 is 0. The Morgan fingerprint density at radius 2 is 1.56 bits per heavy atom. The largest absolute Gasteiger partial charge is 0.350 e. The van der Waals surface area contributed by atoms with Crippen molar-refractivity contribution in [2.24, 2.45) is 27.5 Å². The third kappa shape index (κ3) is 3.86. The zero-order valence-electron chi connectivity index (χ0n) is 16.4. The summed E-state index contributed by atoms with van der Waals surface area (Å²) in [5.41, 5.74) is 3.14. The molecule has 3 rings (SSSR count). The van der Waals surface area contributed by atoms with Gasteiger partial charge in [0, 0.05) is 25.6 Å². The molecule has 0 fully saturated rings. The Labute approximate surface area is 159 Å². The third-order valence-corrected chi connectivity index (χ3v) is 4.45. The van der Waals surface area contributed by atoms with Crippen LogP contribution in [0.3, 0.4) is 0 Å². The highest BCUT2D eigenvalue weighted by Crippen LogP contribution is 2.12. The van der Waals surface area contributed by atoms with Crippen molar-refractivity contribution in [1.29, 1.82) is 0 Å². The lowest BCUT2D eigenvalue weighted by atomic mass is 10.3. The highest BCUT2D eigenvalue weighted by molar-refractivity contribution is 5.82. The summed E-state index contributed by atoms with van der Waals surface area (Å²) in [6.45, 7) is 7.88. The lowest BCUT2D eigenvalue weighted by molar-refractivity contribution is -0.658. The average molecular weight is 364 g/mol. The number of benzene rings is 1. The molecule has 7 heteroatoms. The van der Waals surface area contributed by atoms with Gasteiger partial charge in [-0.1, -0.05) is 25.1 Å². The topological polar surface area (TPSA) is 63.2 Å². The van der Waals surface area contributed by atoms with E-state index in [0.29, 0.717) is 12.3 Å². The number of amidine groups is 1. The monoisotopic (exact) mass is 364 g/mol. The molecule has 0 atom stereocenters. The summed E-state index contributed by atoms with van der Waals surface area (Å²) in [5, 5.41) is 17.5. The van der Waals surface area contributed by atoms with Crippen molar-refractivity contribution in [1.82, 2.24) is 9.13 Å². The number of nitrogens with zero attached hydrogens (tertiary/aromatic N) is 7. The summed E-state index contributed by atoms with van der Waals surface area (Å²) < 4.78 is 6.25. The van der Waals surface area contributed by atoms with E-state index in [4.69, 9.17) is 0 Å². The maximum Gasteiger partial charge on any atom is 0.350 e.